The van der Waals surface area contributed by atoms with Crippen molar-refractivity contribution in [2.75, 3.05) is 13.2 Å². The van der Waals surface area contributed by atoms with Gasteiger partial charge in [0.1, 0.15) is 30.5 Å². The molecule has 0 aliphatic carbocycles. The van der Waals surface area contributed by atoms with Crippen molar-refractivity contribution in [3.05, 3.63) is 0 Å². The lowest BCUT2D eigenvalue weighted by Gasteiger charge is -2.40. The molecular weight excluding hydrogens is 336 g/mol. The van der Waals surface area contributed by atoms with Gasteiger partial charge in [-0.2, -0.15) is 0 Å². The first kappa shape index (κ1) is 22.4. The van der Waals surface area contributed by atoms with Crippen LogP contribution in [0.15, 0.2) is 0 Å². The van der Waals surface area contributed by atoms with Gasteiger partial charge in [0.05, 0.1) is 12.7 Å². The molecule has 0 radical (unpaired) electrons. The van der Waals surface area contributed by atoms with E-state index in [1.807, 2.05) is 0 Å². The first-order chi connectivity index (χ1) is 10.3. The molecule has 9 N–H and O–H groups in total. The quantitative estimate of drug-likeness (QED) is 0.231. The molecule has 1 rings (SSSR count). The van der Waals surface area contributed by atoms with Crippen molar-refractivity contribution >= 4 is 18.4 Å². The highest BCUT2D eigenvalue weighted by atomic mass is 35.5. The Labute approximate surface area is 139 Å². The largest absolute Gasteiger partial charge is 0.480 e. The summed E-state index contributed by atoms with van der Waals surface area (Å²) in [5, 5.41) is 46.9. The van der Waals surface area contributed by atoms with Gasteiger partial charge in [-0.05, 0) is 12.8 Å². The monoisotopic (exact) mass is 360 g/mol. The van der Waals surface area contributed by atoms with E-state index in [0.717, 1.165) is 0 Å². The molecule has 0 bridgehead atoms. The number of aliphatic carboxylic acids is 1. The van der Waals surface area contributed by atoms with Gasteiger partial charge in [0.25, 0.3) is 0 Å². The van der Waals surface area contributed by atoms with Gasteiger partial charge in [0, 0.05) is 6.54 Å². The molecule has 1 aliphatic heterocycles. The zero-order valence-corrected chi connectivity index (χ0v) is 13.2. The highest BCUT2D eigenvalue weighted by Crippen LogP contribution is 2.23. The van der Waals surface area contributed by atoms with Crippen LogP contribution >= 0.6 is 12.4 Å². The summed E-state index contributed by atoms with van der Waals surface area (Å²) in [7, 11) is 0. The first-order valence-electron chi connectivity index (χ1n) is 6.96. The fraction of sp³-hybridized carbons (Fsp3) is 0.917. The van der Waals surface area contributed by atoms with Crippen LogP contribution in [0.1, 0.15) is 12.8 Å². The summed E-state index contributed by atoms with van der Waals surface area (Å²) >= 11 is 0. The molecule has 1 unspecified atom stereocenters. The molecule has 1 saturated heterocycles. The van der Waals surface area contributed by atoms with Gasteiger partial charge < -0.3 is 46.5 Å². The van der Waals surface area contributed by atoms with Crippen LogP contribution in [0.4, 0.5) is 0 Å². The molecule has 1 heterocycles. The summed E-state index contributed by atoms with van der Waals surface area (Å²) in [4.78, 5) is 10.7. The predicted octanol–water partition coefficient (Wildman–Crippen LogP) is -3.26. The minimum atomic E-state index is -1.55. The number of ether oxygens (including phenoxy) is 2. The molecule has 23 heavy (non-hydrogen) atoms. The second-order valence-electron chi connectivity index (χ2n) is 5.21. The van der Waals surface area contributed by atoms with Gasteiger partial charge in [0.2, 0.25) is 0 Å². The van der Waals surface area contributed by atoms with E-state index in [4.69, 9.17) is 31.2 Å². The zero-order chi connectivity index (χ0) is 16.9. The van der Waals surface area contributed by atoms with Gasteiger partial charge in [-0.25, -0.2) is 0 Å². The van der Waals surface area contributed by atoms with Crippen LogP contribution in [0.5, 0.6) is 0 Å². The van der Waals surface area contributed by atoms with Gasteiger partial charge in [0.15, 0.2) is 6.29 Å². The van der Waals surface area contributed by atoms with E-state index in [2.05, 4.69) is 0 Å². The average molecular weight is 361 g/mol. The lowest BCUT2D eigenvalue weighted by molar-refractivity contribution is -0.310. The van der Waals surface area contributed by atoms with E-state index in [0.29, 0.717) is 0 Å². The molecule has 0 saturated carbocycles. The molecular formula is C12H25ClN2O8. The van der Waals surface area contributed by atoms with Crippen molar-refractivity contribution in [3.63, 3.8) is 0 Å². The van der Waals surface area contributed by atoms with Crippen molar-refractivity contribution < 1.29 is 39.8 Å². The smallest absolute Gasteiger partial charge is 0.320 e. The molecule has 0 aromatic heterocycles. The van der Waals surface area contributed by atoms with E-state index >= 15 is 0 Å². The van der Waals surface area contributed by atoms with Gasteiger partial charge >= 0.3 is 5.97 Å². The van der Waals surface area contributed by atoms with E-state index in [9.17, 15) is 20.1 Å². The molecule has 138 valence electrons. The van der Waals surface area contributed by atoms with Crippen molar-refractivity contribution in [1.82, 2.24) is 0 Å². The molecule has 0 amide bonds. The predicted molar refractivity (Wildman–Crippen MR) is 79.8 cm³/mol. The van der Waals surface area contributed by atoms with E-state index in [1.54, 1.807) is 0 Å². The van der Waals surface area contributed by atoms with Crippen molar-refractivity contribution in [2.45, 2.75) is 55.7 Å². The van der Waals surface area contributed by atoms with Crippen molar-refractivity contribution in [1.29, 1.82) is 0 Å². The fourth-order valence-corrected chi connectivity index (χ4v) is 2.10. The maximum Gasteiger partial charge on any atom is 0.320 e. The highest BCUT2D eigenvalue weighted by Gasteiger charge is 2.44. The van der Waals surface area contributed by atoms with Gasteiger partial charge in [-0.15, -0.1) is 12.4 Å². The summed E-state index contributed by atoms with van der Waals surface area (Å²) in [6, 6.07) is -1.06. The average Bonchev–Trinajstić information content (AvgIpc) is 2.50. The number of nitrogens with two attached hydrogens (primary N) is 2. The van der Waals surface area contributed by atoms with Crippen molar-refractivity contribution in [3.8, 4) is 0 Å². The SMILES string of the molecule is Cl.NCC(CC[C@H](N)C(=O)O)O[C@@H]1O[C@H](CO)[C@H](O)[C@H](O)[C@H]1O. The third kappa shape index (κ3) is 6.10. The second-order valence-corrected chi connectivity index (χ2v) is 5.21. The Bertz CT molecular complexity index is 362. The molecule has 0 aromatic carbocycles. The summed E-state index contributed by atoms with van der Waals surface area (Å²) in [5.41, 5.74) is 10.9. The van der Waals surface area contributed by atoms with Gasteiger partial charge in [-0.1, -0.05) is 0 Å². The number of carbonyl (C=O) groups is 1. The summed E-state index contributed by atoms with van der Waals surface area (Å²) in [5.74, 6) is -1.15. The number of carboxylic acids is 1. The third-order valence-electron chi connectivity index (χ3n) is 3.55. The normalized spacial score (nSPS) is 33.6. The lowest BCUT2D eigenvalue weighted by atomic mass is 9.99. The number of carboxylic acid groups (broad SMARTS) is 1. The van der Waals surface area contributed by atoms with E-state index in [-0.39, 0.29) is 31.8 Å². The number of rotatable bonds is 8. The molecule has 11 heteroatoms. The Morgan fingerprint density at radius 2 is 1.78 bits per heavy atom. The molecule has 10 nitrogen and oxygen atoms in total. The lowest BCUT2D eigenvalue weighted by Crippen LogP contribution is -2.60. The third-order valence-corrected chi connectivity index (χ3v) is 3.55. The van der Waals surface area contributed by atoms with E-state index in [1.165, 1.54) is 0 Å². The zero-order valence-electron chi connectivity index (χ0n) is 12.4. The maximum absolute atomic E-state index is 10.7. The number of halogens is 1. The summed E-state index contributed by atoms with van der Waals surface area (Å²) < 4.78 is 10.6. The molecule has 1 fully saturated rings. The van der Waals surface area contributed by atoms with Crippen LogP contribution in [-0.2, 0) is 14.3 Å². The molecule has 0 spiro atoms. The number of hydrogen-bond donors (Lipinski definition) is 7. The van der Waals surface area contributed by atoms with Crippen LogP contribution in [0.3, 0.4) is 0 Å². The second kappa shape index (κ2) is 10.3. The Morgan fingerprint density at radius 1 is 1.17 bits per heavy atom. The summed E-state index contributed by atoms with van der Waals surface area (Å²) in [6.07, 6.45) is -7.28. The Kier molecular flexibility index (Phi) is 10.1. The molecule has 1 aliphatic rings. The fourth-order valence-electron chi connectivity index (χ4n) is 2.10. The number of aliphatic hydroxyl groups excluding tert-OH is 4. The standard InChI is InChI=1S/C12H24N2O8.ClH/c13-3-5(1-2-6(14)11(19)20)21-12-10(18)9(17)8(16)7(4-15)22-12;/h5-10,12,15-18H,1-4,13-14H2,(H,19,20);1H/t5?,6-,7+,8-,9-,10+,12+;/m0./s1. The number of hydrogen-bond acceptors (Lipinski definition) is 9. The van der Waals surface area contributed by atoms with Gasteiger partial charge in [-0.3, -0.25) is 4.79 Å². The molecule has 7 atom stereocenters. The van der Waals surface area contributed by atoms with Crippen LogP contribution in [0.25, 0.3) is 0 Å². The first-order valence-corrected chi connectivity index (χ1v) is 6.96. The van der Waals surface area contributed by atoms with Crippen LogP contribution in [0, 0.1) is 0 Å². The van der Waals surface area contributed by atoms with Crippen LogP contribution in [-0.4, -0.2) is 87.5 Å². The minimum Gasteiger partial charge on any atom is -0.480 e. The molecule has 0 aromatic rings. The highest BCUT2D eigenvalue weighted by molar-refractivity contribution is 5.85. The van der Waals surface area contributed by atoms with Crippen LogP contribution < -0.4 is 11.5 Å². The Balaban J connectivity index is 0.00000484. The Morgan fingerprint density at radius 3 is 2.26 bits per heavy atom. The maximum atomic E-state index is 10.7. The number of aliphatic hydroxyl groups is 4. The van der Waals surface area contributed by atoms with Crippen molar-refractivity contribution in [2.24, 2.45) is 11.5 Å². The Hall–Kier alpha value is -0.560. The minimum absolute atomic E-state index is 0. The topological polar surface area (TPSA) is 189 Å². The van der Waals surface area contributed by atoms with E-state index < -0.39 is 55.4 Å². The van der Waals surface area contributed by atoms with Crippen LogP contribution in [0.2, 0.25) is 0 Å². The summed E-state index contributed by atoms with van der Waals surface area (Å²) in [6.45, 7) is -0.552.